The summed E-state index contributed by atoms with van der Waals surface area (Å²) in [5.41, 5.74) is 1.04. The molecule has 1 aliphatic heterocycles. The Balaban J connectivity index is 2.18. The number of sulfonamides is 1. The average molecular weight is 344 g/mol. The third-order valence-corrected chi connectivity index (χ3v) is 5.65. The molecule has 0 spiro atoms. The van der Waals surface area contributed by atoms with E-state index in [4.69, 9.17) is 0 Å². The van der Waals surface area contributed by atoms with Crippen molar-refractivity contribution in [3.8, 4) is 0 Å². The molecule has 0 aliphatic carbocycles. The molecular formula is C17H16N2O4S. The summed E-state index contributed by atoms with van der Waals surface area (Å²) in [6.07, 6.45) is 0. The molecule has 3 rings (SSSR count). The van der Waals surface area contributed by atoms with Crippen molar-refractivity contribution in [1.82, 2.24) is 0 Å². The summed E-state index contributed by atoms with van der Waals surface area (Å²) >= 11 is 0. The van der Waals surface area contributed by atoms with Gasteiger partial charge in [0.1, 0.15) is 4.90 Å². The van der Waals surface area contributed by atoms with Gasteiger partial charge in [0.05, 0.1) is 11.4 Å². The van der Waals surface area contributed by atoms with Crippen LogP contribution >= 0.6 is 0 Å². The SMILES string of the molecule is CCN1C(=O)N(c2ccc(C(C)=O)cc2)S(=O)(=O)c2ccccc21. The Morgan fingerprint density at radius 1 is 1.04 bits per heavy atom. The van der Waals surface area contributed by atoms with Gasteiger partial charge in [-0.05, 0) is 50.2 Å². The summed E-state index contributed by atoms with van der Waals surface area (Å²) in [6.45, 7) is 3.55. The molecule has 0 saturated carbocycles. The van der Waals surface area contributed by atoms with E-state index in [-0.39, 0.29) is 16.4 Å². The molecule has 0 unspecified atom stereocenters. The smallest absolute Gasteiger partial charge is 0.295 e. The van der Waals surface area contributed by atoms with Crippen LogP contribution in [-0.2, 0) is 10.0 Å². The van der Waals surface area contributed by atoms with Crippen LogP contribution in [0.1, 0.15) is 24.2 Å². The van der Waals surface area contributed by atoms with Gasteiger partial charge >= 0.3 is 6.03 Å². The maximum Gasteiger partial charge on any atom is 0.343 e. The first-order valence-electron chi connectivity index (χ1n) is 7.44. The molecule has 2 aromatic carbocycles. The molecule has 0 atom stereocenters. The minimum Gasteiger partial charge on any atom is -0.295 e. The van der Waals surface area contributed by atoms with Gasteiger partial charge in [-0.25, -0.2) is 13.2 Å². The van der Waals surface area contributed by atoms with Gasteiger partial charge in [-0.2, -0.15) is 4.31 Å². The van der Waals surface area contributed by atoms with Crippen LogP contribution in [0, 0.1) is 0 Å². The molecule has 0 fully saturated rings. The summed E-state index contributed by atoms with van der Waals surface area (Å²) in [7, 11) is -4.00. The fraction of sp³-hybridized carbons (Fsp3) is 0.176. The Hall–Kier alpha value is -2.67. The average Bonchev–Trinajstić information content (AvgIpc) is 2.55. The van der Waals surface area contributed by atoms with E-state index in [9.17, 15) is 18.0 Å². The van der Waals surface area contributed by atoms with E-state index >= 15 is 0 Å². The first-order valence-corrected chi connectivity index (χ1v) is 8.88. The molecule has 0 radical (unpaired) electrons. The van der Waals surface area contributed by atoms with Gasteiger partial charge in [0.2, 0.25) is 0 Å². The molecule has 1 aliphatic rings. The number of rotatable bonds is 3. The van der Waals surface area contributed by atoms with Gasteiger partial charge in [-0.3, -0.25) is 9.69 Å². The van der Waals surface area contributed by atoms with Gasteiger partial charge in [0, 0.05) is 12.1 Å². The lowest BCUT2D eigenvalue weighted by molar-refractivity contribution is 0.101. The van der Waals surface area contributed by atoms with E-state index in [2.05, 4.69) is 0 Å². The number of carbonyl (C=O) groups excluding carboxylic acids is 2. The Morgan fingerprint density at radius 3 is 2.25 bits per heavy atom. The second-order valence-corrected chi connectivity index (χ2v) is 7.12. The number of fused-ring (bicyclic) bond motifs is 1. The molecule has 6 nitrogen and oxygen atoms in total. The lowest BCUT2D eigenvalue weighted by Gasteiger charge is -2.35. The van der Waals surface area contributed by atoms with Crippen LogP contribution in [0.3, 0.4) is 0 Å². The Bertz CT molecular complexity index is 920. The molecule has 24 heavy (non-hydrogen) atoms. The van der Waals surface area contributed by atoms with Gasteiger partial charge in [0.25, 0.3) is 10.0 Å². The fourth-order valence-electron chi connectivity index (χ4n) is 2.70. The molecule has 7 heteroatoms. The lowest BCUT2D eigenvalue weighted by Crippen LogP contribution is -2.51. The highest BCUT2D eigenvalue weighted by molar-refractivity contribution is 7.94. The molecule has 0 aromatic heterocycles. The summed E-state index contributed by atoms with van der Waals surface area (Å²) < 4.78 is 26.6. The van der Waals surface area contributed by atoms with Gasteiger partial charge < -0.3 is 0 Å². The van der Waals surface area contributed by atoms with Crippen molar-refractivity contribution in [1.29, 1.82) is 0 Å². The summed E-state index contributed by atoms with van der Waals surface area (Å²) in [5, 5.41) is 0. The van der Waals surface area contributed by atoms with E-state index in [0.717, 1.165) is 4.31 Å². The number of urea groups is 1. The minimum absolute atomic E-state index is 0.0853. The number of Topliss-reactive ketones (excluding diaryl/α,β-unsaturated/α-hetero) is 1. The number of carbonyl (C=O) groups is 2. The summed E-state index contributed by atoms with van der Waals surface area (Å²) in [4.78, 5) is 25.6. The molecule has 2 amide bonds. The zero-order chi connectivity index (χ0) is 17.5. The molecule has 0 N–H and O–H groups in total. The number of hydrogen-bond donors (Lipinski definition) is 0. The number of anilines is 2. The Labute approximate surface area is 140 Å². The van der Waals surface area contributed by atoms with Gasteiger partial charge in [-0.1, -0.05) is 12.1 Å². The molecule has 124 valence electrons. The highest BCUT2D eigenvalue weighted by Crippen LogP contribution is 2.36. The van der Waals surface area contributed by atoms with Crippen molar-refractivity contribution in [3.05, 3.63) is 54.1 Å². The van der Waals surface area contributed by atoms with Crippen molar-refractivity contribution >= 4 is 33.2 Å². The molecule has 0 bridgehead atoms. The van der Waals surface area contributed by atoms with E-state index in [1.165, 1.54) is 42.2 Å². The Kier molecular flexibility index (Phi) is 3.88. The largest absolute Gasteiger partial charge is 0.343 e. The molecule has 2 aromatic rings. The number of amides is 2. The van der Waals surface area contributed by atoms with E-state index < -0.39 is 16.1 Å². The number of para-hydroxylation sites is 1. The number of ketones is 1. The maximum atomic E-state index is 12.9. The Morgan fingerprint density at radius 2 is 1.67 bits per heavy atom. The number of nitrogens with zero attached hydrogens (tertiary/aromatic N) is 2. The topological polar surface area (TPSA) is 74.8 Å². The van der Waals surface area contributed by atoms with Crippen molar-refractivity contribution in [3.63, 3.8) is 0 Å². The quantitative estimate of drug-likeness (QED) is 0.802. The maximum absolute atomic E-state index is 12.9. The third kappa shape index (κ3) is 2.37. The van der Waals surface area contributed by atoms with Crippen molar-refractivity contribution < 1.29 is 18.0 Å². The van der Waals surface area contributed by atoms with E-state index in [0.29, 0.717) is 17.8 Å². The first kappa shape index (κ1) is 16.2. The van der Waals surface area contributed by atoms with Crippen molar-refractivity contribution in [2.45, 2.75) is 18.7 Å². The van der Waals surface area contributed by atoms with Crippen LogP contribution in [0.4, 0.5) is 16.2 Å². The van der Waals surface area contributed by atoms with E-state index in [1.807, 2.05) is 0 Å². The fourth-order valence-corrected chi connectivity index (χ4v) is 4.29. The second kappa shape index (κ2) is 5.76. The van der Waals surface area contributed by atoms with Gasteiger partial charge in [-0.15, -0.1) is 0 Å². The van der Waals surface area contributed by atoms with Gasteiger partial charge in [0.15, 0.2) is 5.78 Å². The number of benzene rings is 2. The van der Waals surface area contributed by atoms with Crippen LogP contribution in [-0.4, -0.2) is 26.8 Å². The molecule has 1 heterocycles. The zero-order valence-electron chi connectivity index (χ0n) is 13.3. The van der Waals surface area contributed by atoms with E-state index in [1.54, 1.807) is 25.1 Å². The molecule has 0 saturated heterocycles. The lowest BCUT2D eigenvalue weighted by atomic mass is 10.1. The minimum atomic E-state index is -4.00. The van der Waals surface area contributed by atoms with Crippen molar-refractivity contribution in [2.24, 2.45) is 0 Å². The second-order valence-electron chi connectivity index (χ2n) is 5.37. The molecular weight excluding hydrogens is 328 g/mol. The third-order valence-electron chi connectivity index (χ3n) is 3.90. The predicted molar refractivity (Wildman–Crippen MR) is 91.0 cm³/mol. The van der Waals surface area contributed by atoms with Crippen molar-refractivity contribution in [2.75, 3.05) is 15.7 Å². The zero-order valence-corrected chi connectivity index (χ0v) is 14.1. The summed E-state index contributed by atoms with van der Waals surface area (Å²) in [6, 6.07) is 11.7. The highest BCUT2D eigenvalue weighted by Gasteiger charge is 2.41. The predicted octanol–water partition coefficient (Wildman–Crippen LogP) is 3.04. The van der Waals surface area contributed by atoms with Crippen LogP contribution < -0.4 is 9.21 Å². The van der Waals surface area contributed by atoms with Crippen LogP contribution in [0.25, 0.3) is 0 Å². The summed E-state index contributed by atoms with van der Waals surface area (Å²) in [5.74, 6) is -0.130. The highest BCUT2D eigenvalue weighted by atomic mass is 32.2. The monoisotopic (exact) mass is 344 g/mol. The number of hydrogen-bond acceptors (Lipinski definition) is 4. The normalized spacial score (nSPS) is 16.0. The standard InChI is InChI=1S/C17H16N2O4S/c1-3-18-15-6-4-5-7-16(15)24(22,23)19(17(18)21)14-10-8-13(9-11-14)12(2)20/h4-11H,3H2,1-2H3. The van der Waals surface area contributed by atoms with Crippen LogP contribution in [0.15, 0.2) is 53.4 Å². The van der Waals surface area contributed by atoms with Crippen LogP contribution in [0.2, 0.25) is 0 Å². The first-order chi connectivity index (χ1) is 11.4. The van der Waals surface area contributed by atoms with Crippen LogP contribution in [0.5, 0.6) is 0 Å².